The molecule has 0 atom stereocenters. The fourth-order valence-electron chi connectivity index (χ4n) is 2.90. The van der Waals surface area contributed by atoms with Crippen molar-refractivity contribution in [3.63, 3.8) is 0 Å². The third-order valence-electron chi connectivity index (χ3n) is 4.51. The summed E-state index contributed by atoms with van der Waals surface area (Å²) in [5.74, 6) is -6.10. The van der Waals surface area contributed by atoms with Crippen LogP contribution < -0.4 is 0 Å². The van der Waals surface area contributed by atoms with E-state index in [2.05, 4.69) is 10.0 Å². The summed E-state index contributed by atoms with van der Waals surface area (Å²) >= 11 is 5.15. The predicted molar refractivity (Wildman–Crippen MR) is 76.0 cm³/mol. The van der Waals surface area contributed by atoms with Crippen LogP contribution in [0.4, 0.5) is 17.6 Å². The fraction of sp³-hybridized carbons (Fsp3) is 1.00. The van der Waals surface area contributed by atoms with Crippen LogP contribution in [0.2, 0.25) is 0 Å². The number of hydrogen-bond acceptors (Lipinski definition) is 4. The Labute approximate surface area is 137 Å². The standard InChI is InChI=1S/C14H21ClF4N2O2/c15-9-13(16,17)1-2-22-11-5-20(6-11)21-7-12(8-21)23-10-3-14(18,19)4-10/h10-12H,1-9H2. The topological polar surface area (TPSA) is 24.9 Å². The van der Waals surface area contributed by atoms with Crippen LogP contribution in [0.3, 0.4) is 0 Å². The molecule has 0 aromatic heterocycles. The summed E-state index contributed by atoms with van der Waals surface area (Å²) < 4.78 is 62.2. The van der Waals surface area contributed by atoms with E-state index in [0.717, 1.165) is 0 Å². The molecule has 1 aliphatic carbocycles. The Morgan fingerprint density at radius 3 is 2.09 bits per heavy atom. The molecule has 0 N–H and O–H groups in total. The first-order chi connectivity index (χ1) is 10.8. The van der Waals surface area contributed by atoms with Gasteiger partial charge < -0.3 is 9.47 Å². The molecule has 2 heterocycles. The Bertz CT molecular complexity index is 410. The maximum Gasteiger partial charge on any atom is 0.263 e. The first-order valence-corrected chi connectivity index (χ1v) is 8.38. The lowest BCUT2D eigenvalue weighted by atomic mass is 9.90. The second-order valence-corrected chi connectivity index (χ2v) is 6.89. The zero-order valence-electron chi connectivity index (χ0n) is 12.7. The first kappa shape index (κ1) is 17.7. The minimum atomic E-state index is -2.87. The van der Waals surface area contributed by atoms with Crippen molar-refractivity contribution in [3.8, 4) is 0 Å². The molecule has 3 rings (SSSR count). The summed E-state index contributed by atoms with van der Waals surface area (Å²) in [6.07, 6.45) is -1.04. The largest absolute Gasteiger partial charge is 0.375 e. The van der Waals surface area contributed by atoms with Gasteiger partial charge in [0.2, 0.25) is 0 Å². The minimum Gasteiger partial charge on any atom is -0.375 e. The number of ether oxygens (including phenoxy) is 2. The lowest BCUT2D eigenvalue weighted by Gasteiger charge is -2.53. The summed E-state index contributed by atoms with van der Waals surface area (Å²) in [7, 11) is 0. The fourth-order valence-corrected chi connectivity index (χ4v) is 3.04. The van der Waals surface area contributed by atoms with E-state index in [0.29, 0.717) is 26.2 Å². The summed E-state index contributed by atoms with van der Waals surface area (Å²) in [4.78, 5) is 0. The van der Waals surface area contributed by atoms with Gasteiger partial charge in [0.15, 0.2) is 0 Å². The molecule has 0 aromatic rings. The monoisotopic (exact) mass is 360 g/mol. The Kier molecular flexibility index (Phi) is 5.09. The third-order valence-corrected chi connectivity index (χ3v) is 4.90. The molecule has 0 amide bonds. The molecule has 0 unspecified atom stereocenters. The maximum atomic E-state index is 12.9. The zero-order valence-corrected chi connectivity index (χ0v) is 13.5. The van der Waals surface area contributed by atoms with Gasteiger partial charge in [0, 0.05) is 45.4 Å². The molecule has 0 spiro atoms. The molecule has 3 aliphatic rings. The van der Waals surface area contributed by atoms with E-state index >= 15 is 0 Å². The van der Waals surface area contributed by atoms with Crippen LogP contribution in [0.5, 0.6) is 0 Å². The summed E-state index contributed by atoms with van der Waals surface area (Å²) in [5, 5.41) is 4.15. The Hall–Kier alpha value is -0.150. The van der Waals surface area contributed by atoms with Crippen LogP contribution in [-0.4, -0.2) is 78.8 Å². The van der Waals surface area contributed by atoms with E-state index in [1.807, 2.05) is 0 Å². The molecule has 0 bridgehead atoms. The smallest absolute Gasteiger partial charge is 0.263 e. The van der Waals surface area contributed by atoms with Gasteiger partial charge in [-0.05, 0) is 0 Å². The highest BCUT2D eigenvalue weighted by Crippen LogP contribution is 2.40. The van der Waals surface area contributed by atoms with Crippen molar-refractivity contribution >= 4 is 11.6 Å². The number of rotatable bonds is 8. The van der Waals surface area contributed by atoms with Crippen LogP contribution in [-0.2, 0) is 9.47 Å². The van der Waals surface area contributed by atoms with E-state index in [-0.39, 0.29) is 44.2 Å². The van der Waals surface area contributed by atoms with E-state index < -0.39 is 17.7 Å². The van der Waals surface area contributed by atoms with Crippen molar-refractivity contribution in [2.75, 3.05) is 38.7 Å². The Morgan fingerprint density at radius 1 is 1.00 bits per heavy atom. The van der Waals surface area contributed by atoms with Gasteiger partial charge in [0.05, 0.1) is 30.8 Å². The molecular weight excluding hydrogens is 340 g/mol. The van der Waals surface area contributed by atoms with Crippen LogP contribution in [0.15, 0.2) is 0 Å². The molecule has 134 valence electrons. The van der Waals surface area contributed by atoms with E-state index in [9.17, 15) is 17.6 Å². The van der Waals surface area contributed by atoms with Crippen molar-refractivity contribution < 1.29 is 27.0 Å². The zero-order chi connectivity index (χ0) is 16.7. The van der Waals surface area contributed by atoms with Crippen LogP contribution in [0.1, 0.15) is 19.3 Å². The highest BCUT2D eigenvalue weighted by molar-refractivity contribution is 6.18. The average molecular weight is 361 g/mol. The first-order valence-electron chi connectivity index (χ1n) is 7.85. The Morgan fingerprint density at radius 2 is 1.57 bits per heavy atom. The van der Waals surface area contributed by atoms with Crippen molar-refractivity contribution in [1.29, 1.82) is 0 Å². The quantitative estimate of drug-likeness (QED) is 0.490. The highest BCUT2D eigenvalue weighted by atomic mass is 35.5. The number of nitrogens with zero attached hydrogens (tertiary/aromatic N) is 2. The molecule has 0 aromatic carbocycles. The Balaban J connectivity index is 1.22. The van der Waals surface area contributed by atoms with Crippen LogP contribution in [0.25, 0.3) is 0 Å². The van der Waals surface area contributed by atoms with Crippen molar-refractivity contribution in [3.05, 3.63) is 0 Å². The minimum absolute atomic E-state index is 0.000145. The number of halogens is 5. The van der Waals surface area contributed by atoms with Gasteiger partial charge in [-0.15, -0.1) is 11.6 Å². The molecule has 4 nitrogen and oxygen atoms in total. The van der Waals surface area contributed by atoms with Gasteiger partial charge in [0.1, 0.15) is 0 Å². The van der Waals surface area contributed by atoms with Crippen LogP contribution in [0, 0.1) is 0 Å². The SMILES string of the molecule is FC(F)(CCl)CCOC1CN(N2CC(OC3CC(F)(F)C3)C2)C1. The lowest BCUT2D eigenvalue weighted by Crippen LogP contribution is -2.68. The molecule has 2 aliphatic heterocycles. The maximum absolute atomic E-state index is 12.9. The van der Waals surface area contributed by atoms with Gasteiger partial charge in [-0.2, -0.15) is 0 Å². The highest BCUT2D eigenvalue weighted by Gasteiger charge is 2.48. The summed E-state index contributed by atoms with van der Waals surface area (Å²) in [6, 6.07) is 0. The lowest BCUT2D eigenvalue weighted by molar-refractivity contribution is -0.251. The molecular formula is C14H21ClF4N2O2. The third kappa shape index (κ3) is 4.48. The molecule has 2 saturated heterocycles. The van der Waals surface area contributed by atoms with Crippen molar-refractivity contribution in [2.45, 2.75) is 49.4 Å². The summed E-state index contributed by atoms with van der Waals surface area (Å²) in [6.45, 7) is 2.72. The molecule has 0 radical (unpaired) electrons. The van der Waals surface area contributed by atoms with Crippen molar-refractivity contribution in [1.82, 2.24) is 10.0 Å². The van der Waals surface area contributed by atoms with E-state index in [4.69, 9.17) is 21.1 Å². The van der Waals surface area contributed by atoms with Crippen LogP contribution >= 0.6 is 11.6 Å². The second kappa shape index (κ2) is 6.63. The second-order valence-electron chi connectivity index (χ2n) is 6.62. The summed E-state index contributed by atoms with van der Waals surface area (Å²) in [5.41, 5.74) is 0. The van der Waals surface area contributed by atoms with Gasteiger partial charge in [0.25, 0.3) is 11.8 Å². The van der Waals surface area contributed by atoms with E-state index in [1.54, 1.807) is 0 Å². The molecule has 1 saturated carbocycles. The van der Waals surface area contributed by atoms with E-state index in [1.165, 1.54) is 0 Å². The van der Waals surface area contributed by atoms with Crippen molar-refractivity contribution in [2.24, 2.45) is 0 Å². The van der Waals surface area contributed by atoms with Gasteiger partial charge in [-0.1, -0.05) is 0 Å². The number of hydrazine groups is 1. The molecule has 3 fully saturated rings. The van der Waals surface area contributed by atoms with Gasteiger partial charge in [-0.25, -0.2) is 27.6 Å². The average Bonchev–Trinajstić information content (AvgIpc) is 2.34. The normalized spacial score (nSPS) is 27.5. The molecule has 23 heavy (non-hydrogen) atoms. The van der Waals surface area contributed by atoms with Gasteiger partial charge >= 0.3 is 0 Å². The number of alkyl halides is 5. The predicted octanol–water partition coefficient (Wildman–Crippen LogP) is 2.36. The van der Waals surface area contributed by atoms with Gasteiger partial charge in [-0.3, -0.25) is 0 Å². The molecule has 9 heteroatoms. The number of hydrogen-bond donors (Lipinski definition) is 0.